The molecule has 2 aromatic carbocycles. The van der Waals surface area contributed by atoms with E-state index >= 15 is 0 Å². The van der Waals surface area contributed by atoms with Gasteiger partial charge in [0.2, 0.25) is 0 Å². The normalized spacial score (nSPS) is 11.0. The summed E-state index contributed by atoms with van der Waals surface area (Å²) in [6.07, 6.45) is 0. The van der Waals surface area contributed by atoms with Gasteiger partial charge in [0.15, 0.2) is 0 Å². The van der Waals surface area contributed by atoms with E-state index in [4.69, 9.17) is 4.74 Å². The monoisotopic (exact) mass is 378 g/mol. The number of rotatable bonds is 4. The van der Waals surface area contributed by atoms with Crippen LogP contribution in [0, 0.1) is 11.6 Å². The maximum Gasteiger partial charge on any atom is 0.139 e. The molecule has 23 heavy (non-hydrogen) atoms. The highest BCUT2D eigenvalue weighted by Crippen LogP contribution is 2.33. The lowest BCUT2D eigenvalue weighted by atomic mass is 10.1. The molecule has 0 N–H and O–H groups in total. The van der Waals surface area contributed by atoms with Crippen molar-refractivity contribution in [1.82, 2.24) is 9.78 Å². The number of methoxy groups -OCH3 is 1. The number of hydrogen-bond donors (Lipinski definition) is 0. The molecule has 0 unspecified atom stereocenters. The minimum Gasteiger partial charge on any atom is -0.362 e. The summed E-state index contributed by atoms with van der Waals surface area (Å²) in [7, 11) is 1.55. The topological polar surface area (TPSA) is 27.1 Å². The van der Waals surface area contributed by atoms with Gasteiger partial charge in [-0.05, 0) is 58.4 Å². The minimum atomic E-state index is -0.368. The molecule has 0 bridgehead atoms. The Balaban J connectivity index is 2.14. The maximum atomic E-state index is 14.2. The number of ether oxygens (including phenoxy) is 1. The lowest BCUT2D eigenvalue weighted by Gasteiger charge is -2.05. The fourth-order valence-corrected chi connectivity index (χ4v) is 2.90. The molecule has 0 spiro atoms. The van der Waals surface area contributed by atoms with E-state index in [2.05, 4.69) is 21.0 Å². The highest BCUT2D eigenvalue weighted by molar-refractivity contribution is 9.10. The summed E-state index contributed by atoms with van der Waals surface area (Å²) < 4.78 is 34.7. The molecule has 0 saturated carbocycles. The van der Waals surface area contributed by atoms with Crippen LogP contribution in [0.25, 0.3) is 22.5 Å². The summed E-state index contributed by atoms with van der Waals surface area (Å²) in [5.74, 6) is -0.685. The Hall–Kier alpha value is -2.05. The third-order valence-corrected chi connectivity index (χ3v) is 4.05. The van der Waals surface area contributed by atoms with Crippen LogP contribution >= 0.6 is 15.9 Å². The number of nitrogens with zero attached hydrogens (tertiary/aromatic N) is 2. The van der Waals surface area contributed by atoms with E-state index in [1.165, 1.54) is 18.2 Å². The molecule has 0 saturated heterocycles. The second kappa shape index (κ2) is 6.60. The second-order valence-corrected chi connectivity index (χ2v) is 5.79. The third kappa shape index (κ3) is 3.18. The van der Waals surface area contributed by atoms with Gasteiger partial charge in [-0.15, -0.1) is 0 Å². The van der Waals surface area contributed by atoms with E-state index in [0.29, 0.717) is 15.7 Å². The van der Waals surface area contributed by atoms with E-state index < -0.39 is 0 Å². The standard InChI is InChI=1S/C17H13BrF2N2O/c1-23-10-22-16(11-5-7-12(19)8-6-11)9-15(21-22)17-13(18)3-2-4-14(17)20/h2-9H,10H2,1H3. The third-order valence-electron chi connectivity index (χ3n) is 3.39. The number of aromatic nitrogens is 2. The van der Waals surface area contributed by atoms with Crippen LogP contribution in [0.3, 0.4) is 0 Å². The first-order chi connectivity index (χ1) is 11.1. The maximum absolute atomic E-state index is 14.2. The Kier molecular flexibility index (Phi) is 4.54. The van der Waals surface area contributed by atoms with Crippen molar-refractivity contribution in [3.63, 3.8) is 0 Å². The van der Waals surface area contributed by atoms with Crippen molar-refractivity contribution >= 4 is 15.9 Å². The minimum absolute atomic E-state index is 0.207. The molecule has 0 atom stereocenters. The van der Waals surface area contributed by atoms with Gasteiger partial charge >= 0.3 is 0 Å². The molecular weight excluding hydrogens is 366 g/mol. The van der Waals surface area contributed by atoms with Crippen LogP contribution in [0.5, 0.6) is 0 Å². The van der Waals surface area contributed by atoms with Gasteiger partial charge in [-0.25, -0.2) is 13.5 Å². The molecule has 3 aromatic rings. The average molecular weight is 379 g/mol. The summed E-state index contributed by atoms with van der Waals surface area (Å²) >= 11 is 3.35. The quantitative estimate of drug-likeness (QED) is 0.647. The van der Waals surface area contributed by atoms with Gasteiger partial charge < -0.3 is 4.74 Å². The Morgan fingerprint density at radius 3 is 2.52 bits per heavy atom. The van der Waals surface area contributed by atoms with Gasteiger partial charge in [0.05, 0.1) is 17.0 Å². The Labute approximate surface area is 140 Å². The fraction of sp³-hybridized carbons (Fsp3) is 0.118. The fourth-order valence-electron chi connectivity index (χ4n) is 2.36. The molecule has 0 aliphatic rings. The largest absolute Gasteiger partial charge is 0.362 e. The van der Waals surface area contributed by atoms with Gasteiger partial charge in [-0.1, -0.05) is 6.07 Å². The van der Waals surface area contributed by atoms with Crippen LogP contribution < -0.4 is 0 Å². The first kappa shape index (κ1) is 15.8. The van der Waals surface area contributed by atoms with Crippen molar-refractivity contribution in [3.05, 3.63) is 64.6 Å². The van der Waals surface area contributed by atoms with Gasteiger partial charge in [-0.3, -0.25) is 0 Å². The molecule has 0 aliphatic carbocycles. The van der Waals surface area contributed by atoms with Gasteiger partial charge in [-0.2, -0.15) is 5.10 Å². The van der Waals surface area contributed by atoms with Crippen LogP contribution in [0.2, 0.25) is 0 Å². The molecule has 0 aliphatic heterocycles. The van der Waals surface area contributed by atoms with Gasteiger partial charge in [0.25, 0.3) is 0 Å². The van der Waals surface area contributed by atoms with Crippen LogP contribution in [-0.4, -0.2) is 16.9 Å². The van der Waals surface area contributed by atoms with E-state index in [0.717, 1.165) is 11.3 Å². The van der Waals surface area contributed by atoms with Crippen molar-refractivity contribution < 1.29 is 13.5 Å². The molecular formula is C17H13BrF2N2O. The van der Waals surface area contributed by atoms with Crippen LogP contribution in [0.15, 0.2) is 53.0 Å². The summed E-state index contributed by atoms with van der Waals surface area (Å²) in [6, 6.07) is 12.6. The van der Waals surface area contributed by atoms with Crippen molar-refractivity contribution in [2.24, 2.45) is 0 Å². The SMILES string of the molecule is COCn1nc(-c2c(F)cccc2Br)cc1-c1ccc(F)cc1. The van der Waals surface area contributed by atoms with Gasteiger partial charge in [0, 0.05) is 17.1 Å². The zero-order valence-electron chi connectivity index (χ0n) is 12.3. The summed E-state index contributed by atoms with van der Waals surface area (Å²) in [4.78, 5) is 0. The molecule has 0 amide bonds. The van der Waals surface area contributed by atoms with Gasteiger partial charge in [0.1, 0.15) is 18.4 Å². The smallest absolute Gasteiger partial charge is 0.139 e. The highest BCUT2D eigenvalue weighted by Gasteiger charge is 2.16. The number of hydrogen-bond acceptors (Lipinski definition) is 2. The molecule has 118 valence electrons. The summed E-state index contributed by atoms with van der Waals surface area (Å²) in [5.41, 5.74) is 2.35. The van der Waals surface area contributed by atoms with Crippen molar-refractivity contribution in [1.29, 1.82) is 0 Å². The predicted molar refractivity (Wildman–Crippen MR) is 87.7 cm³/mol. The molecule has 3 rings (SSSR count). The van der Waals surface area contributed by atoms with Crippen LogP contribution in [-0.2, 0) is 11.5 Å². The van der Waals surface area contributed by atoms with E-state index in [1.807, 2.05) is 0 Å². The first-order valence-electron chi connectivity index (χ1n) is 6.87. The average Bonchev–Trinajstić information content (AvgIpc) is 2.92. The zero-order valence-corrected chi connectivity index (χ0v) is 13.8. The van der Waals surface area contributed by atoms with E-state index in [-0.39, 0.29) is 18.4 Å². The van der Waals surface area contributed by atoms with E-state index in [1.54, 1.807) is 42.1 Å². The molecule has 3 nitrogen and oxygen atoms in total. The molecule has 1 heterocycles. The molecule has 0 radical (unpaired) electrons. The Bertz CT molecular complexity index is 811. The van der Waals surface area contributed by atoms with Crippen molar-refractivity contribution in [2.45, 2.75) is 6.73 Å². The number of benzene rings is 2. The summed E-state index contributed by atoms with van der Waals surface area (Å²) in [6.45, 7) is 0.207. The van der Waals surface area contributed by atoms with Crippen LogP contribution in [0.1, 0.15) is 0 Å². The second-order valence-electron chi connectivity index (χ2n) is 4.94. The Morgan fingerprint density at radius 2 is 1.87 bits per heavy atom. The van der Waals surface area contributed by atoms with Crippen LogP contribution in [0.4, 0.5) is 8.78 Å². The first-order valence-corrected chi connectivity index (χ1v) is 7.66. The molecule has 1 aromatic heterocycles. The Morgan fingerprint density at radius 1 is 1.13 bits per heavy atom. The summed E-state index contributed by atoms with van der Waals surface area (Å²) in [5, 5.41) is 4.42. The lowest BCUT2D eigenvalue weighted by molar-refractivity contribution is 0.122. The lowest BCUT2D eigenvalue weighted by Crippen LogP contribution is -2.04. The zero-order chi connectivity index (χ0) is 16.4. The van der Waals surface area contributed by atoms with E-state index in [9.17, 15) is 8.78 Å². The highest BCUT2D eigenvalue weighted by atomic mass is 79.9. The predicted octanol–water partition coefficient (Wildman–Crippen LogP) is 4.86. The van der Waals surface area contributed by atoms with Crippen molar-refractivity contribution in [3.8, 4) is 22.5 Å². The number of halogens is 3. The molecule has 6 heteroatoms. The molecule has 0 fully saturated rings. The van der Waals surface area contributed by atoms with Crippen molar-refractivity contribution in [2.75, 3.05) is 7.11 Å².